The van der Waals surface area contributed by atoms with Gasteiger partial charge in [-0.2, -0.15) is 14.0 Å². The molecule has 1 atom stereocenters. The predicted octanol–water partition coefficient (Wildman–Crippen LogP) is 4.77. The number of hydrogen-bond donors (Lipinski definition) is 2. The van der Waals surface area contributed by atoms with Crippen LogP contribution < -0.4 is 5.32 Å². The number of aromatic nitrogens is 3. The van der Waals surface area contributed by atoms with Gasteiger partial charge < -0.3 is 10.4 Å². The van der Waals surface area contributed by atoms with Crippen LogP contribution in [0.1, 0.15) is 42.3 Å². The minimum atomic E-state index is -3.73. The van der Waals surface area contributed by atoms with Crippen molar-refractivity contribution in [3.8, 4) is 6.07 Å². The summed E-state index contributed by atoms with van der Waals surface area (Å²) in [6.45, 7) is 2.41. The number of anilines is 1. The van der Waals surface area contributed by atoms with E-state index in [4.69, 9.17) is 11.6 Å². The zero-order chi connectivity index (χ0) is 23.3. The molecule has 0 aliphatic heterocycles. The second-order valence-electron chi connectivity index (χ2n) is 7.94. The molecule has 1 aliphatic rings. The van der Waals surface area contributed by atoms with E-state index >= 15 is 0 Å². The summed E-state index contributed by atoms with van der Waals surface area (Å²) >= 11 is 6.31. The number of hydrogen-bond acceptors (Lipinski definition) is 6. The molecule has 1 saturated carbocycles. The molecule has 0 spiro atoms. The van der Waals surface area contributed by atoms with Gasteiger partial charge in [0.25, 0.3) is 0 Å². The third-order valence-corrected chi connectivity index (χ3v) is 5.93. The largest absolute Gasteiger partial charge is 0.387 e. The lowest BCUT2D eigenvalue weighted by atomic mass is 9.98. The van der Waals surface area contributed by atoms with E-state index < -0.39 is 28.8 Å². The minimum absolute atomic E-state index is 0.0231. The molecule has 10 heteroatoms. The standard InChI is InChI=1S/C22H19ClF3N5O/c1-11(32)22(25,26)15-5-3-4-13(17(15)24)9-28-19-14-8-16(21(10-27)6-7-21)18(23)31-20(14)30-12(2)29-19/h3-5,8,11,32H,6-7,9H2,1-2H3,(H,28,29,30,31). The van der Waals surface area contributed by atoms with Crippen LogP contribution in [0.4, 0.5) is 19.0 Å². The number of nitriles is 1. The molecule has 1 aromatic carbocycles. The molecule has 1 fully saturated rings. The lowest BCUT2D eigenvalue weighted by Gasteiger charge is -2.21. The maximum absolute atomic E-state index is 14.8. The third-order valence-electron chi connectivity index (χ3n) is 5.64. The minimum Gasteiger partial charge on any atom is -0.387 e. The second-order valence-corrected chi connectivity index (χ2v) is 8.30. The van der Waals surface area contributed by atoms with Gasteiger partial charge in [-0.15, -0.1) is 0 Å². The molecule has 1 aliphatic carbocycles. The van der Waals surface area contributed by atoms with Crippen molar-refractivity contribution >= 4 is 28.5 Å². The monoisotopic (exact) mass is 461 g/mol. The van der Waals surface area contributed by atoms with Gasteiger partial charge in [0.05, 0.1) is 22.4 Å². The highest BCUT2D eigenvalue weighted by Gasteiger charge is 2.47. The SMILES string of the molecule is Cc1nc(NCc2cccc(C(F)(F)C(C)O)c2F)c2cc(C3(C#N)CC3)c(Cl)nc2n1. The fourth-order valence-electron chi connectivity index (χ4n) is 3.56. The van der Waals surface area contributed by atoms with Gasteiger partial charge in [0.2, 0.25) is 0 Å². The van der Waals surface area contributed by atoms with Crippen molar-refractivity contribution in [3.05, 3.63) is 57.8 Å². The first-order chi connectivity index (χ1) is 15.1. The Kier molecular flexibility index (Phi) is 5.47. The molecular formula is C22H19ClF3N5O. The molecule has 2 heterocycles. The fourth-order valence-corrected chi connectivity index (χ4v) is 3.87. The summed E-state index contributed by atoms with van der Waals surface area (Å²) in [6, 6.07) is 7.60. The van der Waals surface area contributed by atoms with Gasteiger partial charge in [-0.3, -0.25) is 0 Å². The number of pyridine rings is 1. The first-order valence-electron chi connectivity index (χ1n) is 9.93. The number of fused-ring (bicyclic) bond motifs is 1. The summed E-state index contributed by atoms with van der Waals surface area (Å²) in [5, 5.41) is 22.5. The molecule has 0 amide bonds. The molecule has 0 bridgehead atoms. The Labute approximate surface area is 187 Å². The van der Waals surface area contributed by atoms with Crippen LogP contribution in [0.2, 0.25) is 5.15 Å². The Morgan fingerprint density at radius 1 is 1.31 bits per heavy atom. The number of alkyl halides is 2. The molecule has 166 valence electrons. The molecule has 3 aromatic rings. The van der Waals surface area contributed by atoms with E-state index in [1.807, 2.05) is 0 Å². The van der Waals surface area contributed by atoms with Crippen LogP contribution in [0.5, 0.6) is 0 Å². The van der Waals surface area contributed by atoms with Gasteiger partial charge in [-0.25, -0.2) is 19.3 Å². The van der Waals surface area contributed by atoms with Gasteiger partial charge in [0.1, 0.15) is 28.7 Å². The smallest absolute Gasteiger partial charge is 0.301 e. The molecule has 2 N–H and O–H groups in total. The molecule has 6 nitrogen and oxygen atoms in total. The number of aliphatic hydroxyl groups is 1. The normalized spacial score (nSPS) is 15.9. The Morgan fingerprint density at radius 3 is 2.66 bits per heavy atom. The van der Waals surface area contributed by atoms with E-state index in [1.165, 1.54) is 12.1 Å². The number of benzene rings is 1. The zero-order valence-corrected chi connectivity index (χ0v) is 18.0. The van der Waals surface area contributed by atoms with Gasteiger partial charge in [-0.05, 0) is 38.8 Å². The highest BCUT2D eigenvalue weighted by Crippen LogP contribution is 2.50. The van der Waals surface area contributed by atoms with Crippen LogP contribution >= 0.6 is 11.6 Å². The van der Waals surface area contributed by atoms with Crippen molar-refractivity contribution in [2.24, 2.45) is 0 Å². The molecular weight excluding hydrogens is 443 g/mol. The van der Waals surface area contributed by atoms with Gasteiger partial charge in [0.15, 0.2) is 5.65 Å². The molecule has 32 heavy (non-hydrogen) atoms. The van der Waals surface area contributed by atoms with Crippen molar-refractivity contribution in [1.82, 2.24) is 15.0 Å². The van der Waals surface area contributed by atoms with Gasteiger partial charge in [-0.1, -0.05) is 23.7 Å². The first kappa shape index (κ1) is 22.2. The molecule has 0 radical (unpaired) electrons. The Bertz CT molecular complexity index is 1250. The third kappa shape index (κ3) is 3.74. The predicted molar refractivity (Wildman–Crippen MR) is 113 cm³/mol. The van der Waals surface area contributed by atoms with Crippen LogP contribution in [0.25, 0.3) is 11.0 Å². The van der Waals surface area contributed by atoms with Crippen LogP contribution in [0, 0.1) is 24.1 Å². The van der Waals surface area contributed by atoms with Crippen molar-refractivity contribution in [3.63, 3.8) is 0 Å². The lowest BCUT2D eigenvalue weighted by Crippen LogP contribution is -2.29. The van der Waals surface area contributed by atoms with Crippen molar-refractivity contribution in [2.45, 2.75) is 50.7 Å². The number of aryl methyl sites for hydroxylation is 1. The number of aliphatic hydroxyl groups excluding tert-OH is 1. The van der Waals surface area contributed by atoms with Crippen LogP contribution in [-0.4, -0.2) is 26.2 Å². The van der Waals surface area contributed by atoms with E-state index in [0.717, 1.165) is 13.0 Å². The van der Waals surface area contributed by atoms with E-state index in [1.54, 1.807) is 13.0 Å². The zero-order valence-electron chi connectivity index (χ0n) is 17.3. The summed E-state index contributed by atoms with van der Waals surface area (Å²) in [6.07, 6.45) is -0.708. The Balaban J connectivity index is 1.72. The number of rotatable bonds is 6. The number of nitrogens with one attached hydrogen (secondary N) is 1. The molecule has 0 saturated heterocycles. The highest BCUT2D eigenvalue weighted by atomic mass is 35.5. The topological polar surface area (TPSA) is 94.7 Å². The van der Waals surface area contributed by atoms with Crippen LogP contribution in [0.15, 0.2) is 24.3 Å². The molecule has 1 unspecified atom stereocenters. The molecule has 4 rings (SSSR count). The average Bonchev–Trinajstić information content (AvgIpc) is 3.53. The molecule has 2 aromatic heterocycles. The maximum atomic E-state index is 14.8. The highest BCUT2D eigenvalue weighted by molar-refractivity contribution is 6.30. The van der Waals surface area contributed by atoms with E-state index in [-0.39, 0.29) is 17.3 Å². The van der Waals surface area contributed by atoms with Crippen molar-refractivity contribution in [2.75, 3.05) is 5.32 Å². The first-order valence-corrected chi connectivity index (χ1v) is 10.3. The average molecular weight is 462 g/mol. The number of nitrogens with zero attached hydrogens (tertiary/aromatic N) is 4. The van der Waals surface area contributed by atoms with Crippen molar-refractivity contribution in [1.29, 1.82) is 5.26 Å². The van der Waals surface area contributed by atoms with E-state index in [0.29, 0.717) is 41.1 Å². The second kappa shape index (κ2) is 7.87. The summed E-state index contributed by atoms with van der Waals surface area (Å²) in [4.78, 5) is 12.9. The summed E-state index contributed by atoms with van der Waals surface area (Å²) in [5.41, 5.74) is -0.708. The summed E-state index contributed by atoms with van der Waals surface area (Å²) in [5.74, 6) is -4.14. The fraction of sp³-hybridized carbons (Fsp3) is 0.364. The summed E-state index contributed by atoms with van der Waals surface area (Å²) < 4.78 is 43.2. The van der Waals surface area contributed by atoms with Crippen molar-refractivity contribution < 1.29 is 18.3 Å². The number of halogens is 4. The van der Waals surface area contributed by atoms with E-state index in [2.05, 4.69) is 26.3 Å². The van der Waals surface area contributed by atoms with E-state index in [9.17, 15) is 23.5 Å². The Hall–Kier alpha value is -2.96. The Morgan fingerprint density at radius 2 is 2.03 bits per heavy atom. The van der Waals surface area contributed by atoms with Gasteiger partial charge in [0, 0.05) is 17.7 Å². The summed E-state index contributed by atoms with van der Waals surface area (Å²) in [7, 11) is 0. The maximum Gasteiger partial charge on any atom is 0.301 e. The van der Waals surface area contributed by atoms with Crippen LogP contribution in [-0.2, 0) is 17.9 Å². The van der Waals surface area contributed by atoms with Gasteiger partial charge >= 0.3 is 5.92 Å². The van der Waals surface area contributed by atoms with Crippen LogP contribution in [0.3, 0.4) is 0 Å². The lowest BCUT2D eigenvalue weighted by molar-refractivity contribution is -0.108. The quantitative estimate of drug-likeness (QED) is 0.514.